The van der Waals surface area contributed by atoms with Gasteiger partial charge in [-0.15, -0.1) is 0 Å². The third kappa shape index (κ3) is 2.21. The van der Waals surface area contributed by atoms with E-state index in [4.69, 9.17) is 15.2 Å². The van der Waals surface area contributed by atoms with Crippen molar-refractivity contribution in [3.05, 3.63) is 48.7 Å². The molecule has 5 heteroatoms. The van der Waals surface area contributed by atoms with E-state index in [9.17, 15) is 0 Å². The van der Waals surface area contributed by atoms with E-state index < -0.39 is 0 Å². The molecule has 20 heavy (non-hydrogen) atoms. The number of anilines is 1. The maximum atomic E-state index is 5.92. The lowest BCUT2D eigenvalue weighted by molar-refractivity contribution is 0.409. The van der Waals surface area contributed by atoms with Crippen LogP contribution in [-0.4, -0.2) is 17.3 Å². The van der Waals surface area contributed by atoms with Crippen molar-refractivity contribution in [1.82, 2.24) is 10.2 Å². The molecule has 0 saturated carbocycles. The average Bonchev–Trinajstić information content (AvgIpc) is 2.50. The molecule has 5 nitrogen and oxygen atoms in total. The first-order valence-corrected chi connectivity index (χ1v) is 6.10. The molecule has 0 unspecified atom stereocenters. The van der Waals surface area contributed by atoms with Crippen LogP contribution in [0.5, 0.6) is 17.2 Å². The number of rotatable bonds is 3. The summed E-state index contributed by atoms with van der Waals surface area (Å²) in [6, 6.07) is 12.9. The summed E-state index contributed by atoms with van der Waals surface area (Å²) in [7, 11) is 1.60. The standard InChI is InChI=1S/C15H13N3O2/c1-19-10-6-7-12(16)14(8-10)20-15-9-17-18-13-5-3-2-4-11(13)15/h2-9H,16H2,1H3. The Bertz CT molecular complexity index is 754. The number of methoxy groups -OCH3 is 1. The van der Waals surface area contributed by atoms with Gasteiger partial charge in [-0.05, 0) is 24.3 Å². The number of benzene rings is 2. The van der Waals surface area contributed by atoms with Crippen molar-refractivity contribution in [2.45, 2.75) is 0 Å². The van der Waals surface area contributed by atoms with Crippen molar-refractivity contribution < 1.29 is 9.47 Å². The van der Waals surface area contributed by atoms with Gasteiger partial charge in [-0.1, -0.05) is 12.1 Å². The van der Waals surface area contributed by atoms with Crippen molar-refractivity contribution in [2.75, 3.05) is 12.8 Å². The van der Waals surface area contributed by atoms with Crippen LogP contribution in [0.25, 0.3) is 10.9 Å². The minimum absolute atomic E-state index is 0.530. The number of aromatic nitrogens is 2. The number of ether oxygens (including phenoxy) is 2. The fourth-order valence-corrected chi connectivity index (χ4v) is 1.91. The number of hydrogen-bond donors (Lipinski definition) is 1. The van der Waals surface area contributed by atoms with Gasteiger partial charge in [-0.3, -0.25) is 0 Å². The zero-order valence-electron chi connectivity index (χ0n) is 10.9. The molecular weight excluding hydrogens is 254 g/mol. The van der Waals surface area contributed by atoms with Crippen molar-refractivity contribution in [2.24, 2.45) is 0 Å². The molecule has 2 aromatic carbocycles. The summed E-state index contributed by atoms with van der Waals surface area (Å²) >= 11 is 0. The van der Waals surface area contributed by atoms with Crippen LogP contribution in [0, 0.1) is 0 Å². The highest BCUT2D eigenvalue weighted by Crippen LogP contribution is 2.33. The maximum absolute atomic E-state index is 5.92. The molecule has 0 amide bonds. The van der Waals surface area contributed by atoms with Gasteiger partial charge in [-0.25, -0.2) is 0 Å². The highest BCUT2D eigenvalue weighted by atomic mass is 16.5. The van der Waals surface area contributed by atoms with Gasteiger partial charge >= 0.3 is 0 Å². The predicted octanol–water partition coefficient (Wildman–Crippen LogP) is 3.01. The number of nitrogens with zero attached hydrogens (tertiary/aromatic N) is 2. The van der Waals surface area contributed by atoms with Crippen molar-refractivity contribution in [3.63, 3.8) is 0 Å². The van der Waals surface area contributed by atoms with Gasteiger partial charge in [-0.2, -0.15) is 10.2 Å². The number of hydrogen-bond acceptors (Lipinski definition) is 5. The molecule has 2 N–H and O–H groups in total. The number of nitrogen functional groups attached to an aromatic ring is 1. The van der Waals surface area contributed by atoms with E-state index in [0.717, 1.165) is 10.9 Å². The van der Waals surface area contributed by atoms with Crippen molar-refractivity contribution in [1.29, 1.82) is 0 Å². The largest absolute Gasteiger partial charge is 0.497 e. The van der Waals surface area contributed by atoms with Gasteiger partial charge in [0.15, 0.2) is 11.5 Å². The van der Waals surface area contributed by atoms with Gasteiger partial charge < -0.3 is 15.2 Å². The first-order chi connectivity index (χ1) is 9.78. The van der Waals surface area contributed by atoms with E-state index in [2.05, 4.69) is 10.2 Å². The minimum atomic E-state index is 0.530. The molecule has 0 aliphatic rings. The molecule has 1 aromatic heterocycles. The highest BCUT2D eigenvalue weighted by molar-refractivity contribution is 5.84. The van der Waals surface area contributed by atoms with E-state index in [1.165, 1.54) is 0 Å². The second-order valence-corrected chi connectivity index (χ2v) is 4.23. The summed E-state index contributed by atoms with van der Waals surface area (Å²) in [5.41, 5.74) is 7.22. The average molecular weight is 267 g/mol. The molecule has 0 bridgehead atoms. The number of nitrogens with two attached hydrogens (primary N) is 1. The van der Waals surface area contributed by atoms with Crippen LogP contribution in [-0.2, 0) is 0 Å². The van der Waals surface area contributed by atoms with Crippen LogP contribution in [0.3, 0.4) is 0 Å². The lowest BCUT2D eigenvalue weighted by Crippen LogP contribution is -1.95. The maximum Gasteiger partial charge on any atom is 0.157 e. The van der Waals surface area contributed by atoms with Crippen LogP contribution in [0.15, 0.2) is 48.7 Å². The summed E-state index contributed by atoms with van der Waals surface area (Å²) in [5.74, 6) is 1.82. The van der Waals surface area contributed by atoms with Crippen LogP contribution < -0.4 is 15.2 Å². The smallest absolute Gasteiger partial charge is 0.157 e. The summed E-state index contributed by atoms with van der Waals surface area (Å²) in [6.07, 6.45) is 1.57. The Morgan fingerprint density at radius 1 is 1.05 bits per heavy atom. The third-order valence-electron chi connectivity index (χ3n) is 2.95. The van der Waals surface area contributed by atoms with E-state index in [-0.39, 0.29) is 0 Å². The van der Waals surface area contributed by atoms with E-state index in [1.807, 2.05) is 24.3 Å². The quantitative estimate of drug-likeness (QED) is 0.739. The molecule has 3 aromatic rings. The summed E-state index contributed by atoms with van der Waals surface area (Å²) in [5, 5.41) is 8.87. The lowest BCUT2D eigenvalue weighted by Gasteiger charge is -2.11. The minimum Gasteiger partial charge on any atom is -0.497 e. The molecule has 0 atom stereocenters. The zero-order valence-corrected chi connectivity index (χ0v) is 10.9. The first-order valence-electron chi connectivity index (χ1n) is 6.10. The summed E-state index contributed by atoms with van der Waals surface area (Å²) < 4.78 is 11.0. The fourth-order valence-electron chi connectivity index (χ4n) is 1.91. The SMILES string of the molecule is COc1ccc(N)c(Oc2cnnc3ccccc23)c1. The Kier molecular flexibility index (Phi) is 3.09. The molecule has 0 aliphatic heterocycles. The van der Waals surface area contributed by atoms with Gasteiger partial charge in [0.05, 0.1) is 24.5 Å². The van der Waals surface area contributed by atoms with Crippen LogP contribution in [0.4, 0.5) is 5.69 Å². The van der Waals surface area contributed by atoms with Crippen molar-refractivity contribution >= 4 is 16.6 Å². The lowest BCUT2D eigenvalue weighted by atomic mass is 10.2. The van der Waals surface area contributed by atoms with Crippen LogP contribution in [0.1, 0.15) is 0 Å². The van der Waals surface area contributed by atoms with Crippen LogP contribution >= 0.6 is 0 Å². The van der Waals surface area contributed by atoms with Gasteiger partial charge in [0.1, 0.15) is 5.75 Å². The molecule has 0 spiro atoms. The molecule has 0 aliphatic carbocycles. The Labute approximate surface area is 116 Å². The topological polar surface area (TPSA) is 70.3 Å². The Hall–Kier alpha value is -2.82. The third-order valence-corrected chi connectivity index (χ3v) is 2.95. The van der Waals surface area contributed by atoms with E-state index in [0.29, 0.717) is 22.9 Å². The summed E-state index contributed by atoms with van der Waals surface area (Å²) in [4.78, 5) is 0. The van der Waals surface area contributed by atoms with E-state index in [1.54, 1.807) is 31.5 Å². The Morgan fingerprint density at radius 3 is 2.75 bits per heavy atom. The normalized spacial score (nSPS) is 10.4. The van der Waals surface area contributed by atoms with Crippen LogP contribution in [0.2, 0.25) is 0 Å². The van der Waals surface area contributed by atoms with Gasteiger partial charge in [0, 0.05) is 11.5 Å². The molecule has 0 saturated heterocycles. The summed E-state index contributed by atoms with van der Waals surface area (Å²) in [6.45, 7) is 0. The Balaban J connectivity index is 2.05. The zero-order chi connectivity index (χ0) is 13.9. The predicted molar refractivity (Wildman–Crippen MR) is 77.0 cm³/mol. The monoisotopic (exact) mass is 267 g/mol. The second-order valence-electron chi connectivity index (χ2n) is 4.23. The Morgan fingerprint density at radius 2 is 1.90 bits per heavy atom. The van der Waals surface area contributed by atoms with E-state index >= 15 is 0 Å². The molecule has 100 valence electrons. The number of fused-ring (bicyclic) bond motifs is 1. The van der Waals surface area contributed by atoms with Gasteiger partial charge in [0.2, 0.25) is 0 Å². The van der Waals surface area contributed by atoms with Crippen molar-refractivity contribution in [3.8, 4) is 17.2 Å². The second kappa shape index (κ2) is 5.05. The highest BCUT2D eigenvalue weighted by Gasteiger charge is 2.08. The first kappa shape index (κ1) is 12.2. The molecule has 1 heterocycles. The molecular formula is C15H13N3O2. The molecule has 0 radical (unpaired) electrons. The molecule has 3 rings (SSSR count). The fraction of sp³-hybridized carbons (Fsp3) is 0.0667. The molecule has 0 fully saturated rings. The van der Waals surface area contributed by atoms with Gasteiger partial charge in [0.25, 0.3) is 0 Å².